The first-order valence-corrected chi connectivity index (χ1v) is 12.8. The third-order valence-corrected chi connectivity index (χ3v) is 6.84. The van der Waals surface area contributed by atoms with Gasteiger partial charge in [-0.3, -0.25) is 0 Å². The number of aromatic nitrogens is 3. The summed E-state index contributed by atoms with van der Waals surface area (Å²) in [4.78, 5) is 14.9. The van der Waals surface area contributed by atoms with Gasteiger partial charge in [0.25, 0.3) is 0 Å². The fraction of sp³-hybridized carbons (Fsp3) is 0.242. The summed E-state index contributed by atoms with van der Waals surface area (Å²) in [7, 11) is 0. The molecule has 0 saturated heterocycles. The molecule has 4 nitrogen and oxygen atoms in total. The van der Waals surface area contributed by atoms with E-state index in [2.05, 4.69) is 102 Å². The first kappa shape index (κ1) is 23.4. The molecule has 0 aliphatic carbocycles. The summed E-state index contributed by atoms with van der Waals surface area (Å²) in [6, 6.07) is 27.1. The maximum atomic E-state index is 6.69. The Kier molecular flexibility index (Phi) is 5.20. The van der Waals surface area contributed by atoms with Crippen LogP contribution in [0.25, 0.3) is 55.4 Å². The standard InChI is InChI=1S/C33H31N3O/c1-32(2,3)28-19-27(35-31(36-28)33(4,5)6)24-15-10-13-22-21-12-9-14-23(29(21)37-30(22)24)26-18-17-20-11-7-8-16-25(20)34-26/h7-19H,1-6H3. The van der Waals surface area contributed by atoms with Gasteiger partial charge in [-0.2, -0.15) is 0 Å². The molecule has 4 heteroatoms. The average Bonchev–Trinajstić information content (AvgIpc) is 3.26. The Hall–Kier alpha value is -4.05. The van der Waals surface area contributed by atoms with Crippen molar-refractivity contribution >= 4 is 32.8 Å². The van der Waals surface area contributed by atoms with E-state index in [1.165, 1.54) is 0 Å². The van der Waals surface area contributed by atoms with Crippen molar-refractivity contribution in [2.24, 2.45) is 0 Å². The number of pyridine rings is 1. The number of hydrogen-bond acceptors (Lipinski definition) is 4. The van der Waals surface area contributed by atoms with Gasteiger partial charge in [-0.15, -0.1) is 0 Å². The van der Waals surface area contributed by atoms with Crippen molar-refractivity contribution in [3.63, 3.8) is 0 Å². The quantitative estimate of drug-likeness (QED) is 0.246. The van der Waals surface area contributed by atoms with Crippen LogP contribution in [-0.2, 0) is 10.8 Å². The molecule has 184 valence electrons. The largest absolute Gasteiger partial charge is 0.455 e. The third kappa shape index (κ3) is 4.07. The van der Waals surface area contributed by atoms with Gasteiger partial charge in [-0.05, 0) is 30.3 Å². The first-order valence-electron chi connectivity index (χ1n) is 12.8. The summed E-state index contributed by atoms with van der Waals surface area (Å²) in [5.74, 6) is 0.837. The third-order valence-electron chi connectivity index (χ3n) is 6.84. The summed E-state index contributed by atoms with van der Waals surface area (Å²) >= 11 is 0. The van der Waals surface area contributed by atoms with Crippen molar-refractivity contribution in [1.29, 1.82) is 0 Å². The minimum Gasteiger partial charge on any atom is -0.455 e. The van der Waals surface area contributed by atoms with E-state index in [1.807, 2.05) is 18.2 Å². The monoisotopic (exact) mass is 485 g/mol. The van der Waals surface area contributed by atoms with Crippen LogP contribution in [0.15, 0.2) is 83.3 Å². The molecule has 0 N–H and O–H groups in total. The number of fused-ring (bicyclic) bond motifs is 4. The number of nitrogens with zero attached hydrogens (tertiary/aromatic N) is 3. The van der Waals surface area contributed by atoms with Crippen molar-refractivity contribution in [3.8, 4) is 22.5 Å². The zero-order valence-electron chi connectivity index (χ0n) is 22.3. The second-order valence-corrected chi connectivity index (χ2v) is 11.8. The topological polar surface area (TPSA) is 51.8 Å². The summed E-state index contributed by atoms with van der Waals surface area (Å²) < 4.78 is 6.69. The van der Waals surface area contributed by atoms with Gasteiger partial charge in [0, 0.05) is 38.1 Å². The van der Waals surface area contributed by atoms with E-state index in [4.69, 9.17) is 19.4 Å². The van der Waals surface area contributed by atoms with Gasteiger partial charge in [0.1, 0.15) is 17.0 Å². The maximum Gasteiger partial charge on any atom is 0.144 e. The van der Waals surface area contributed by atoms with Crippen molar-refractivity contribution < 1.29 is 4.42 Å². The Morgan fingerprint density at radius 3 is 1.86 bits per heavy atom. The molecule has 3 heterocycles. The van der Waals surface area contributed by atoms with Crippen molar-refractivity contribution in [3.05, 3.63) is 90.4 Å². The average molecular weight is 486 g/mol. The Morgan fingerprint density at radius 1 is 0.568 bits per heavy atom. The van der Waals surface area contributed by atoms with Gasteiger partial charge in [-0.1, -0.05) is 90.1 Å². The number of rotatable bonds is 2. The summed E-state index contributed by atoms with van der Waals surface area (Å²) in [6.45, 7) is 13.0. The van der Waals surface area contributed by atoms with E-state index in [9.17, 15) is 0 Å². The van der Waals surface area contributed by atoms with Gasteiger partial charge in [-0.25, -0.2) is 15.0 Å². The van der Waals surface area contributed by atoms with Crippen LogP contribution >= 0.6 is 0 Å². The SMILES string of the molecule is CC(C)(C)c1cc(-c2cccc3c2oc2c(-c4ccc5ccccc5n4)cccc23)nc(C(C)(C)C)n1. The Bertz CT molecular complexity index is 1770. The second kappa shape index (κ2) is 8.24. The Morgan fingerprint density at radius 2 is 1.22 bits per heavy atom. The van der Waals surface area contributed by atoms with E-state index in [-0.39, 0.29) is 10.8 Å². The normalized spacial score (nSPS) is 12.6. The molecule has 0 saturated carbocycles. The summed E-state index contributed by atoms with van der Waals surface area (Å²) in [5.41, 5.74) is 7.15. The van der Waals surface area contributed by atoms with E-state index >= 15 is 0 Å². The van der Waals surface area contributed by atoms with Gasteiger partial charge in [0.15, 0.2) is 0 Å². The van der Waals surface area contributed by atoms with Gasteiger partial charge >= 0.3 is 0 Å². The lowest BCUT2D eigenvalue weighted by molar-refractivity contribution is 0.514. The molecule has 6 aromatic rings. The molecular formula is C33H31N3O. The van der Waals surface area contributed by atoms with Crippen molar-refractivity contribution in [2.45, 2.75) is 52.4 Å². The fourth-order valence-corrected chi connectivity index (χ4v) is 4.74. The molecule has 3 aromatic heterocycles. The van der Waals surface area contributed by atoms with Crippen LogP contribution in [0.2, 0.25) is 0 Å². The lowest BCUT2D eigenvalue weighted by Crippen LogP contribution is -2.22. The zero-order valence-corrected chi connectivity index (χ0v) is 22.3. The van der Waals surface area contributed by atoms with E-state index in [0.29, 0.717) is 0 Å². The number of para-hydroxylation sites is 3. The number of hydrogen-bond donors (Lipinski definition) is 0. The maximum absolute atomic E-state index is 6.69. The van der Waals surface area contributed by atoms with Gasteiger partial charge in [0.05, 0.1) is 22.6 Å². The van der Waals surface area contributed by atoms with E-state index in [1.54, 1.807) is 0 Å². The van der Waals surface area contributed by atoms with Crippen LogP contribution in [0.1, 0.15) is 53.1 Å². The van der Waals surface area contributed by atoms with E-state index < -0.39 is 0 Å². The highest BCUT2D eigenvalue weighted by Crippen LogP contribution is 2.40. The van der Waals surface area contributed by atoms with Gasteiger partial charge in [0.2, 0.25) is 0 Å². The lowest BCUT2D eigenvalue weighted by Gasteiger charge is -2.23. The second-order valence-electron chi connectivity index (χ2n) is 11.8. The molecule has 0 spiro atoms. The minimum atomic E-state index is -0.174. The predicted molar refractivity (Wildman–Crippen MR) is 153 cm³/mol. The summed E-state index contributed by atoms with van der Waals surface area (Å²) in [5, 5.41) is 3.27. The molecule has 0 aliphatic heterocycles. The van der Waals surface area contributed by atoms with Crippen LogP contribution in [0.3, 0.4) is 0 Å². The molecule has 0 unspecified atom stereocenters. The van der Waals surface area contributed by atoms with Crippen LogP contribution in [-0.4, -0.2) is 15.0 Å². The number of furan rings is 1. The van der Waals surface area contributed by atoms with Gasteiger partial charge < -0.3 is 4.42 Å². The fourth-order valence-electron chi connectivity index (χ4n) is 4.74. The summed E-state index contributed by atoms with van der Waals surface area (Å²) in [6.07, 6.45) is 0. The molecule has 0 radical (unpaired) electrons. The van der Waals surface area contributed by atoms with E-state index in [0.717, 1.165) is 66.9 Å². The lowest BCUT2D eigenvalue weighted by atomic mass is 9.89. The van der Waals surface area contributed by atoms with Crippen LogP contribution in [0.5, 0.6) is 0 Å². The molecule has 6 rings (SSSR count). The molecule has 0 aliphatic rings. The predicted octanol–water partition coefficient (Wildman–Crippen LogP) is 8.85. The molecule has 0 fully saturated rings. The highest BCUT2D eigenvalue weighted by molar-refractivity contribution is 6.12. The first-order chi connectivity index (χ1) is 17.6. The minimum absolute atomic E-state index is 0.103. The highest BCUT2D eigenvalue weighted by atomic mass is 16.3. The smallest absolute Gasteiger partial charge is 0.144 e. The van der Waals surface area contributed by atoms with Crippen molar-refractivity contribution in [2.75, 3.05) is 0 Å². The number of benzene rings is 3. The molecule has 0 amide bonds. The molecule has 0 atom stereocenters. The van der Waals surface area contributed by atoms with Crippen LogP contribution < -0.4 is 0 Å². The Balaban J connectivity index is 1.60. The molecule has 3 aromatic carbocycles. The molecule has 0 bridgehead atoms. The van der Waals surface area contributed by atoms with Crippen LogP contribution in [0.4, 0.5) is 0 Å². The Labute approximate surface area is 217 Å². The molecular weight excluding hydrogens is 454 g/mol. The van der Waals surface area contributed by atoms with Crippen molar-refractivity contribution in [1.82, 2.24) is 15.0 Å². The highest BCUT2D eigenvalue weighted by Gasteiger charge is 2.25. The molecule has 37 heavy (non-hydrogen) atoms. The zero-order chi connectivity index (χ0) is 25.9. The van der Waals surface area contributed by atoms with Crippen LogP contribution in [0, 0.1) is 0 Å².